The van der Waals surface area contributed by atoms with Crippen LogP contribution in [0.4, 0.5) is 0 Å². The van der Waals surface area contributed by atoms with Crippen molar-refractivity contribution < 1.29 is 8.42 Å². The number of aryl methyl sites for hydroxylation is 1. The van der Waals surface area contributed by atoms with Crippen molar-refractivity contribution in [1.29, 1.82) is 0 Å². The molecule has 0 amide bonds. The monoisotopic (exact) mass is 317 g/mol. The van der Waals surface area contributed by atoms with Crippen LogP contribution in [0.3, 0.4) is 0 Å². The van der Waals surface area contributed by atoms with Crippen LogP contribution in [0.5, 0.6) is 0 Å². The molecule has 2 aromatic rings. The first-order valence-corrected chi connectivity index (χ1v) is 7.42. The van der Waals surface area contributed by atoms with E-state index in [-0.39, 0.29) is 9.92 Å². The molecule has 20 heavy (non-hydrogen) atoms. The Balaban J connectivity index is 2.29. The van der Waals surface area contributed by atoms with Crippen molar-refractivity contribution in [3.8, 4) is 0 Å². The van der Waals surface area contributed by atoms with Crippen LogP contribution in [0, 0.1) is 0 Å². The summed E-state index contributed by atoms with van der Waals surface area (Å²) in [4.78, 5) is 13.3. The van der Waals surface area contributed by atoms with Gasteiger partial charge in [0, 0.05) is 13.2 Å². The van der Waals surface area contributed by atoms with Gasteiger partial charge in [-0.1, -0.05) is 11.6 Å². The minimum atomic E-state index is -3.83. The van der Waals surface area contributed by atoms with Crippen LogP contribution in [0.2, 0.25) is 5.02 Å². The molecule has 0 saturated heterocycles. The van der Waals surface area contributed by atoms with Crippen molar-refractivity contribution in [2.45, 2.75) is 17.9 Å². The van der Waals surface area contributed by atoms with Gasteiger partial charge in [-0.2, -0.15) is 0 Å². The first-order chi connectivity index (χ1) is 9.31. The summed E-state index contributed by atoms with van der Waals surface area (Å²) in [6, 6.07) is 0.504. The molecular formula is C10H12ClN5O3S. The van der Waals surface area contributed by atoms with Crippen molar-refractivity contribution in [1.82, 2.24) is 24.5 Å². The third-order valence-electron chi connectivity index (χ3n) is 2.61. The normalized spacial score (nSPS) is 13.3. The van der Waals surface area contributed by atoms with Gasteiger partial charge in [0.2, 0.25) is 10.0 Å². The molecule has 0 aliphatic heterocycles. The Labute approximate surface area is 119 Å². The molecule has 0 radical (unpaired) electrons. The Hall–Kier alpha value is -1.71. The zero-order valence-corrected chi connectivity index (χ0v) is 12.2. The molecule has 2 aromatic heterocycles. The molecule has 1 unspecified atom stereocenters. The summed E-state index contributed by atoms with van der Waals surface area (Å²) in [6.45, 7) is 1.63. The van der Waals surface area contributed by atoms with Gasteiger partial charge < -0.3 is 9.55 Å². The summed E-state index contributed by atoms with van der Waals surface area (Å²) in [5.41, 5.74) is -0.549. The van der Waals surface area contributed by atoms with Crippen LogP contribution >= 0.6 is 11.6 Å². The zero-order valence-electron chi connectivity index (χ0n) is 10.7. The van der Waals surface area contributed by atoms with Crippen molar-refractivity contribution in [3.63, 3.8) is 0 Å². The average molecular weight is 318 g/mol. The predicted molar refractivity (Wildman–Crippen MR) is 71.8 cm³/mol. The summed E-state index contributed by atoms with van der Waals surface area (Å²) in [5, 5.41) is 7.31. The van der Waals surface area contributed by atoms with E-state index in [9.17, 15) is 13.2 Å². The lowest BCUT2D eigenvalue weighted by atomic mass is 10.3. The Morgan fingerprint density at radius 1 is 1.50 bits per heavy atom. The molecule has 2 N–H and O–H groups in total. The molecule has 0 fully saturated rings. The molecule has 108 valence electrons. The van der Waals surface area contributed by atoms with Gasteiger partial charge in [0.1, 0.15) is 17.2 Å². The number of nitrogens with one attached hydrogen (secondary N) is 2. The van der Waals surface area contributed by atoms with Crippen LogP contribution in [-0.2, 0) is 17.1 Å². The summed E-state index contributed by atoms with van der Waals surface area (Å²) < 4.78 is 28.4. The van der Waals surface area contributed by atoms with E-state index in [1.165, 1.54) is 6.33 Å². The molecule has 0 spiro atoms. The number of H-pyrrole nitrogens is 1. The number of pyridine rings is 1. The molecule has 0 saturated carbocycles. The van der Waals surface area contributed by atoms with E-state index >= 15 is 0 Å². The first-order valence-electron chi connectivity index (χ1n) is 5.55. The fourth-order valence-electron chi connectivity index (χ4n) is 1.63. The highest BCUT2D eigenvalue weighted by atomic mass is 35.5. The standard InChI is InChI=1S/C10H12ClN5O3S/c1-6(9-14-13-5-16(9)2)15-20(18,19)7-3-8(11)10(17)12-4-7/h3-6,15H,1-2H3,(H,12,17). The van der Waals surface area contributed by atoms with Crippen LogP contribution in [-0.4, -0.2) is 28.2 Å². The maximum Gasteiger partial charge on any atom is 0.266 e. The van der Waals surface area contributed by atoms with Crippen molar-refractivity contribution in [2.75, 3.05) is 0 Å². The topological polar surface area (TPSA) is 110 Å². The number of nitrogens with zero attached hydrogens (tertiary/aromatic N) is 3. The molecule has 0 bridgehead atoms. The number of aromatic amines is 1. The highest BCUT2D eigenvalue weighted by molar-refractivity contribution is 7.89. The molecule has 0 aromatic carbocycles. The summed E-state index contributed by atoms with van der Waals surface area (Å²) >= 11 is 5.62. The van der Waals surface area contributed by atoms with E-state index in [1.807, 2.05) is 0 Å². The quantitative estimate of drug-likeness (QED) is 0.837. The number of hydrogen-bond acceptors (Lipinski definition) is 5. The van der Waals surface area contributed by atoms with E-state index in [2.05, 4.69) is 19.9 Å². The molecule has 0 aliphatic rings. The molecule has 2 rings (SSSR count). The maximum atomic E-state index is 12.2. The van der Waals surface area contributed by atoms with Crippen LogP contribution in [0.25, 0.3) is 0 Å². The van der Waals surface area contributed by atoms with Gasteiger partial charge >= 0.3 is 0 Å². The van der Waals surface area contributed by atoms with Crippen LogP contribution in [0.1, 0.15) is 18.8 Å². The first kappa shape index (κ1) is 14.7. The smallest absolute Gasteiger partial charge is 0.266 e. The number of aromatic nitrogens is 4. The third kappa shape index (κ3) is 2.89. The van der Waals surface area contributed by atoms with Gasteiger partial charge in [-0.15, -0.1) is 10.2 Å². The fourth-order valence-corrected chi connectivity index (χ4v) is 3.06. The van der Waals surface area contributed by atoms with E-state index in [0.29, 0.717) is 5.82 Å². The van der Waals surface area contributed by atoms with E-state index in [4.69, 9.17) is 11.6 Å². The Kier molecular flexibility index (Phi) is 3.93. The Bertz CT molecular complexity index is 782. The highest BCUT2D eigenvalue weighted by Crippen LogP contribution is 2.15. The lowest BCUT2D eigenvalue weighted by molar-refractivity contribution is 0.553. The van der Waals surface area contributed by atoms with Gasteiger partial charge in [-0.05, 0) is 13.0 Å². The molecular weight excluding hydrogens is 306 g/mol. The number of sulfonamides is 1. The van der Waals surface area contributed by atoms with Gasteiger partial charge in [-0.3, -0.25) is 4.79 Å². The second-order valence-corrected chi connectivity index (χ2v) is 6.28. The van der Waals surface area contributed by atoms with Crippen molar-refractivity contribution >= 4 is 21.6 Å². The zero-order chi connectivity index (χ0) is 14.9. The Morgan fingerprint density at radius 3 is 2.75 bits per heavy atom. The van der Waals surface area contributed by atoms with Gasteiger partial charge in [0.25, 0.3) is 5.56 Å². The molecule has 2 heterocycles. The summed E-state index contributed by atoms with van der Waals surface area (Å²) in [6.07, 6.45) is 2.55. The number of halogens is 1. The van der Waals surface area contributed by atoms with Crippen LogP contribution in [0.15, 0.2) is 28.3 Å². The predicted octanol–water partition coefficient (Wildman–Crippen LogP) is 0.196. The van der Waals surface area contributed by atoms with Crippen LogP contribution < -0.4 is 10.3 Å². The maximum absolute atomic E-state index is 12.2. The van der Waals surface area contributed by atoms with Gasteiger partial charge in [-0.25, -0.2) is 13.1 Å². The molecule has 10 heteroatoms. The van der Waals surface area contributed by atoms with E-state index in [1.54, 1.807) is 18.5 Å². The van der Waals surface area contributed by atoms with E-state index in [0.717, 1.165) is 12.3 Å². The summed E-state index contributed by atoms with van der Waals surface area (Å²) in [7, 11) is -2.12. The fraction of sp³-hybridized carbons (Fsp3) is 0.300. The average Bonchev–Trinajstić information content (AvgIpc) is 2.78. The van der Waals surface area contributed by atoms with Gasteiger partial charge in [0.15, 0.2) is 0 Å². The van der Waals surface area contributed by atoms with Crippen molar-refractivity contribution in [3.05, 3.63) is 39.8 Å². The number of rotatable bonds is 4. The third-order valence-corrected chi connectivity index (χ3v) is 4.41. The second kappa shape index (κ2) is 5.35. The highest BCUT2D eigenvalue weighted by Gasteiger charge is 2.21. The lowest BCUT2D eigenvalue weighted by Crippen LogP contribution is -2.29. The largest absolute Gasteiger partial charge is 0.326 e. The second-order valence-electron chi connectivity index (χ2n) is 4.16. The number of hydrogen-bond donors (Lipinski definition) is 2. The molecule has 0 aliphatic carbocycles. The summed E-state index contributed by atoms with van der Waals surface area (Å²) in [5.74, 6) is 0.462. The molecule has 1 atom stereocenters. The SMILES string of the molecule is CC(NS(=O)(=O)c1c[nH]c(=O)c(Cl)c1)c1nncn1C. The minimum absolute atomic E-state index is 0.129. The Morgan fingerprint density at radius 2 is 2.20 bits per heavy atom. The van der Waals surface area contributed by atoms with Gasteiger partial charge in [0.05, 0.1) is 10.9 Å². The lowest BCUT2D eigenvalue weighted by Gasteiger charge is -2.13. The minimum Gasteiger partial charge on any atom is -0.326 e. The molecule has 8 nitrogen and oxygen atoms in total. The van der Waals surface area contributed by atoms with Crippen molar-refractivity contribution in [2.24, 2.45) is 7.05 Å². The van der Waals surface area contributed by atoms with E-state index < -0.39 is 21.6 Å².